The molecule has 186 valence electrons. The third-order valence-electron chi connectivity index (χ3n) is 6.45. The van der Waals surface area contributed by atoms with Gasteiger partial charge in [-0.3, -0.25) is 9.59 Å². The standard InChI is InChI=1S/C27H27N3O5S/c31-26-19-35-25-13-10-22(18-24(25)30(26)17-14-20-6-2-1-3-7-20)28-27(32)21-8-11-23(12-9-21)36(33,34)29-15-4-5-16-29/h1-3,6-13,18H,4-5,14-17,19H2,(H,28,32). The molecular weight excluding hydrogens is 478 g/mol. The molecule has 2 amide bonds. The molecule has 0 bridgehead atoms. The Morgan fingerprint density at radius 3 is 2.39 bits per heavy atom. The number of sulfonamides is 1. The van der Waals surface area contributed by atoms with E-state index in [1.807, 2.05) is 30.3 Å². The van der Waals surface area contributed by atoms with Crippen molar-refractivity contribution in [3.8, 4) is 5.75 Å². The summed E-state index contributed by atoms with van der Waals surface area (Å²) in [5.41, 5.74) is 2.57. The highest BCUT2D eigenvalue weighted by atomic mass is 32.2. The van der Waals surface area contributed by atoms with Crippen LogP contribution in [0.3, 0.4) is 0 Å². The van der Waals surface area contributed by atoms with E-state index < -0.39 is 10.0 Å². The van der Waals surface area contributed by atoms with E-state index in [0.29, 0.717) is 48.7 Å². The highest BCUT2D eigenvalue weighted by Gasteiger charge is 2.28. The fraction of sp³-hybridized carbons (Fsp3) is 0.259. The number of hydrogen-bond acceptors (Lipinski definition) is 5. The summed E-state index contributed by atoms with van der Waals surface area (Å²) in [7, 11) is -3.54. The maximum Gasteiger partial charge on any atom is 0.265 e. The molecular formula is C27H27N3O5S. The maximum absolute atomic E-state index is 12.9. The molecule has 36 heavy (non-hydrogen) atoms. The van der Waals surface area contributed by atoms with Crippen LogP contribution >= 0.6 is 0 Å². The van der Waals surface area contributed by atoms with Crippen molar-refractivity contribution < 1.29 is 22.7 Å². The van der Waals surface area contributed by atoms with Crippen LogP contribution in [0.5, 0.6) is 5.75 Å². The van der Waals surface area contributed by atoms with Crippen molar-refractivity contribution in [2.75, 3.05) is 36.5 Å². The van der Waals surface area contributed by atoms with Crippen LogP contribution in [0.1, 0.15) is 28.8 Å². The first-order chi connectivity index (χ1) is 17.4. The Labute approximate surface area is 210 Å². The molecule has 0 saturated carbocycles. The molecule has 3 aromatic carbocycles. The van der Waals surface area contributed by atoms with Gasteiger partial charge in [0.05, 0.1) is 10.6 Å². The van der Waals surface area contributed by atoms with Gasteiger partial charge in [0.15, 0.2) is 6.61 Å². The lowest BCUT2D eigenvalue weighted by Crippen LogP contribution is -2.40. The molecule has 0 unspecified atom stereocenters. The molecule has 0 radical (unpaired) electrons. The van der Waals surface area contributed by atoms with Crippen LogP contribution in [0.15, 0.2) is 77.7 Å². The van der Waals surface area contributed by atoms with Crippen molar-refractivity contribution in [2.24, 2.45) is 0 Å². The molecule has 0 aliphatic carbocycles. The van der Waals surface area contributed by atoms with Crippen LogP contribution in [-0.4, -0.2) is 50.8 Å². The lowest BCUT2D eigenvalue weighted by atomic mass is 10.1. The van der Waals surface area contributed by atoms with Crippen LogP contribution in [0.25, 0.3) is 0 Å². The molecule has 1 fully saturated rings. The number of amides is 2. The summed E-state index contributed by atoms with van der Waals surface area (Å²) < 4.78 is 32.5. The Bertz CT molecular complexity index is 1370. The smallest absolute Gasteiger partial charge is 0.265 e. The minimum absolute atomic E-state index is 0.0276. The zero-order valence-electron chi connectivity index (χ0n) is 19.7. The summed E-state index contributed by atoms with van der Waals surface area (Å²) in [6.45, 7) is 1.51. The third kappa shape index (κ3) is 4.98. The topological polar surface area (TPSA) is 96.0 Å². The largest absolute Gasteiger partial charge is 0.482 e. The van der Waals surface area contributed by atoms with Gasteiger partial charge in [-0.2, -0.15) is 4.31 Å². The van der Waals surface area contributed by atoms with Crippen molar-refractivity contribution in [1.82, 2.24) is 4.31 Å². The first-order valence-electron chi connectivity index (χ1n) is 11.9. The van der Waals surface area contributed by atoms with Gasteiger partial charge in [0.1, 0.15) is 5.75 Å². The molecule has 0 atom stereocenters. The minimum atomic E-state index is -3.54. The van der Waals surface area contributed by atoms with Gasteiger partial charge in [0, 0.05) is 30.9 Å². The fourth-order valence-corrected chi connectivity index (χ4v) is 5.99. The molecule has 1 saturated heterocycles. The average molecular weight is 506 g/mol. The van der Waals surface area contributed by atoms with Gasteiger partial charge in [-0.05, 0) is 67.3 Å². The monoisotopic (exact) mass is 505 g/mol. The summed E-state index contributed by atoms with van der Waals surface area (Å²) in [5.74, 6) is 0.0628. The predicted molar refractivity (Wildman–Crippen MR) is 137 cm³/mol. The third-order valence-corrected chi connectivity index (χ3v) is 8.36. The number of fused-ring (bicyclic) bond motifs is 1. The van der Waals surface area contributed by atoms with Crippen LogP contribution < -0.4 is 15.0 Å². The number of carbonyl (C=O) groups excluding carboxylic acids is 2. The van der Waals surface area contributed by atoms with Crippen molar-refractivity contribution in [2.45, 2.75) is 24.2 Å². The van der Waals surface area contributed by atoms with Gasteiger partial charge in [0.2, 0.25) is 10.0 Å². The summed E-state index contributed by atoms with van der Waals surface area (Å²) in [4.78, 5) is 27.3. The fourth-order valence-electron chi connectivity index (χ4n) is 4.47. The zero-order valence-corrected chi connectivity index (χ0v) is 20.5. The first-order valence-corrected chi connectivity index (χ1v) is 13.4. The van der Waals surface area contributed by atoms with E-state index >= 15 is 0 Å². The molecule has 1 N–H and O–H groups in total. The summed E-state index contributed by atoms with van der Waals surface area (Å²) in [5, 5.41) is 2.84. The van der Waals surface area contributed by atoms with Gasteiger partial charge in [-0.25, -0.2) is 8.42 Å². The number of hydrogen-bond donors (Lipinski definition) is 1. The molecule has 2 heterocycles. The van der Waals surface area contributed by atoms with Crippen molar-refractivity contribution >= 4 is 33.2 Å². The van der Waals surface area contributed by atoms with Crippen LogP contribution in [-0.2, 0) is 21.2 Å². The molecule has 9 heteroatoms. The molecule has 5 rings (SSSR count). The lowest BCUT2D eigenvalue weighted by Gasteiger charge is -2.30. The molecule has 0 spiro atoms. The Hall–Kier alpha value is -3.69. The Kier molecular flexibility index (Phi) is 6.75. The highest BCUT2D eigenvalue weighted by Crippen LogP contribution is 2.35. The molecule has 2 aliphatic heterocycles. The summed E-state index contributed by atoms with van der Waals surface area (Å²) in [6, 6.07) is 21.0. The summed E-state index contributed by atoms with van der Waals surface area (Å²) in [6.07, 6.45) is 2.41. The van der Waals surface area contributed by atoms with Crippen LogP contribution in [0.2, 0.25) is 0 Å². The van der Waals surface area contributed by atoms with Gasteiger partial charge in [-0.15, -0.1) is 0 Å². The van der Waals surface area contributed by atoms with E-state index in [4.69, 9.17) is 4.74 Å². The van der Waals surface area contributed by atoms with E-state index in [2.05, 4.69) is 5.32 Å². The first kappa shape index (κ1) is 24.0. The predicted octanol–water partition coefficient (Wildman–Crippen LogP) is 3.69. The number of carbonyl (C=O) groups is 2. The second-order valence-electron chi connectivity index (χ2n) is 8.84. The van der Waals surface area contributed by atoms with Crippen molar-refractivity contribution in [1.29, 1.82) is 0 Å². The molecule has 0 aromatic heterocycles. The van der Waals surface area contributed by atoms with E-state index in [-0.39, 0.29) is 23.3 Å². The van der Waals surface area contributed by atoms with E-state index in [9.17, 15) is 18.0 Å². The van der Waals surface area contributed by atoms with Crippen LogP contribution in [0, 0.1) is 0 Å². The molecule has 8 nitrogen and oxygen atoms in total. The van der Waals surface area contributed by atoms with Gasteiger partial charge >= 0.3 is 0 Å². The van der Waals surface area contributed by atoms with Crippen LogP contribution in [0.4, 0.5) is 11.4 Å². The number of ether oxygens (including phenoxy) is 1. The van der Waals surface area contributed by atoms with Gasteiger partial charge in [-0.1, -0.05) is 30.3 Å². The van der Waals surface area contributed by atoms with E-state index in [1.54, 1.807) is 23.1 Å². The SMILES string of the molecule is O=C(Nc1ccc2c(c1)N(CCc1ccccc1)C(=O)CO2)c1ccc(S(=O)(=O)N2CCCC2)cc1. The van der Waals surface area contributed by atoms with Crippen molar-refractivity contribution in [3.05, 3.63) is 83.9 Å². The normalized spacial score (nSPS) is 15.9. The van der Waals surface area contributed by atoms with Crippen molar-refractivity contribution in [3.63, 3.8) is 0 Å². The number of rotatable bonds is 7. The number of nitrogens with one attached hydrogen (secondary N) is 1. The second-order valence-corrected chi connectivity index (χ2v) is 10.8. The number of benzene rings is 3. The zero-order chi connectivity index (χ0) is 25.1. The Balaban J connectivity index is 1.30. The quantitative estimate of drug-likeness (QED) is 0.528. The minimum Gasteiger partial charge on any atom is -0.482 e. The lowest BCUT2D eigenvalue weighted by molar-refractivity contribution is -0.121. The molecule has 2 aliphatic rings. The highest BCUT2D eigenvalue weighted by molar-refractivity contribution is 7.89. The number of nitrogens with zero attached hydrogens (tertiary/aromatic N) is 2. The van der Waals surface area contributed by atoms with Gasteiger partial charge in [0.25, 0.3) is 11.8 Å². The van der Waals surface area contributed by atoms with E-state index in [0.717, 1.165) is 18.4 Å². The average Bonchev–Trinajstić information content (AvgIpc) is 3.45. The Morgan fingerprint density at radius 1 is 0.944 bits per heavy atom. The number of anilines is 2. The second kappa shape index (κ2) is 10.1. The maximum atomic E-state index is 12.9. The summed E-state index contributed by atoms with van der Waals surface area (Å²) >= 11 is 0. The van der Waals surface area contributed by atoms with Gasteiger partial charge < -0.3 is 15.0 Å². The Morgan fingerprint density at radius 2 is 1.67 bits per heavy atom. The molecule has 3 aromatic rings. The van der Waals surface area contributed by atoms with E-state index in [1.165, 1.54) is 28.6 Å².